The molecule has 0 spiro atoms. The highest BCUT2D eigenvalue weighted by Gasteiger charge is 2.40. The number of aliphatic imine (C=N–C) groups is 1. The number of pyridine rings is 1. The van der Waals surface area contributed by atoms with Gasteiger partial charge in [0.25, 0.3) is 6.02 Å². The van der Waals surface area contributed by atoms with Gasteiger partial charge in [-0.25, -0.2) is 9.98 Å². The summed E-state index contributed by atoms with van der Waals surface area (Å²) in [7, 11) is -2.83. The molecule has 33 heavy (non-hydrogen) atoms. The first-order valence-corrected chi connectivity index (χ1v) is 12.8. The van der Waals surface area contributed by atoms with E-state index in [4.69, 9.17) is 15.5 Å². The minimum absolute atomic E-state index is 0.0282. The number of amidine groups is 1. The number of hydrogen-bond acceptors (Lipinski definition) is 8. The highest BCUT2D eigenvalue weighted by atomic mass is 32.3. The van der Waals surface area contributed by atoms with Gasteiger partial charge in [-0.3, -0.25) is 9.11 Å². The number of ether oxygens (including phenoxy) is 1. The van der Waals surface area contributed by atoms with Crippen LogP contribution in [0, 0.1) is 6.92 Å². The van der Waals surface area contributed by atoms with Gasteiger partial charge in [-0.1, -0.05) is 36.4 Å². The van der Waals surface area contributed by atoms with Crippen molar-refractivity contribution in [3.05, 3.63) is 59.7 Å². The Morgan fingerprint density at radius 2 is 1.94 bits per heavy atom. The second kappa shape index (κ2) is 7.51. The lowest BCUT2D eigenvalue weighted by Gasteiger charge is -2.32. The number of nitrogens with zero attached hydrogens (tertiary/aromatic N) is 4. The van der Waals surface area contributed by atoms with Gasteiger partial charge in [-0.15, -0.1) is 0 Å². The highest BCUT2D eigenvalue weighted by molar-refractivity contribution is 8.24. The van der Waals surface area contributed by atoms with Crippen molar-refractivity contribution in [2.24, 2.45) is 10.7 Å². The molecular formula is C24H27N5O3S. The van der Waals surface area contributed by atoms with Crippen LogP contribution in [0.25, 0.3) is 10.9 Å². The summed E-state index contributed by atoms with van der Waals surface area (Å²) in [5.74, 6) is 1.11. The van der Waals surface area contributed by atoms with E-state index in [0.717, 1.165) is 40.1 Å². The summed E-state index contributed by atoms with van der Waals surface area (Å²) in [6, 6.07) is 16.3. The monoisotopic (exact) mass is 465 g/mol. The molecule has 3 aromatic rings. The van der Waals surface area contributed by atoms with Crippen LogP contribution in [0.1, 0.15) is 11.1 Å². The zero-order valence-corrected chi connectivity index (χ0v) is 19.2. The lowest BCUT2D eigenvalue weighted by atomic mass is 10.1. The van der Waals surface area contributed by atoms with Crippen molar-refractivity contribution in [3.63, 3.8) is 0 Å². The Kier molecular flexibility index (Phi) is 4.69. The molecule has 1 fully saturated rings. The van der Waals surface area contributed by atoms with Gasteiger partial charge in [-0.05, 0) is 24.1 Å². The molecule has 6 rings (SSSR count). The molecule has 172 valence electrons. The van der Waals surface area contributed by atoms with E-state index in [1.807, 2.05) is 24.3 Å². The van der Waals surface area contributed by atoms with Crippen LogP contribution in [-0.4, -0.2) is 57.6 Å². The molecular weight excluding hydrogens is 438 g/mol. The summed E-state index contributed by atoms with van der Waals surface area (Å²) in [5, 5.41) is 1.09. The zero-order chi connectivity index (χ0) is 22.7. The van der Waals surface area contributed by atoms with Crippen LogP contribution >= 0.6 is 10.6 Å². The summed E-state index contributed by atoms with van der Waals surface area (Å²) in [6.45, 7) is 4.61. The van der Waals surface area contributed by atoms with Crippen molar-refractivity contribution in [2.45, 2.75) is 30.5 Å². The normalized spacial score (nSPS) is 24.6. The molecule has 2 atom stereocenters. The molecule has 4 heterocycles. The second-order valence-electron chi connectivity index (χ2n) is 8.97. The van der Waals surface area contributed by atoms with E-state index in [0.29, 0.717) is 24.5 Å². The molecule has 1 saturated heterocycles. The maximum absolute atomic E-state index is 10.8. The zero-order valence-electron chi connectivity index (χ0n) is 18.4. The SMILES string of the molecule is Cc1cccc2c(N3CC4N=C(N)OC4C3)cc(N3CCS(O)(O)c4ccccc4C3)nc12. The first-order chi connectivity index (χ1) is 15.9. The van der Waals surface area contributed by atoms with Gasteiger partial charge in [-0.2, -0.15) is 10.6 Å². The number of anilines is 2. The van der Waals surface area contributed by atoms with Crippen molar-refractivity contribution in [1.82, 2.24) is 4.98 Å². The van der Waals surface area contributed by atoms with Gasteiger partial charge in [0.05, 0.1) is 28.4 Å². The van der Waals surface area contributed by atoms with Crippen LogP contribution in [0.3, 0.4) is 0 Å². The molecule has 1 aromatic heterocycles. The standard InChI is InChI=1S/C24H27N5O3S/c1-15-5-4-7-17-19(29-13-18-20(14-29)32-24(25)26-18)11-22(27-23(15)17)28-9-10-33(30,31)21-8-3-2-6-16(21)12-28/h2-8,11,18,20,30-31H,9-10,12-14H2,1H3,(H2,25,26). The van der Waals surface area contributed by atoms with Gasteiger partial charge in [0.2, 0.25) is 0 Å². The topological polar surface area (TPSA) is 107 Å². The summed E-state index contributed by atoms with van der Waals surface area (Å²) in [4.78, 5) is 14.6. The van der Waals surface area contributed by atoms with Gasteiger partial charge >= 0.3 is 0 Å². The Labute approximate surface area is 194 Å². The molecule has 2 aromatic carbocycles. The average Bonchev–Trinajstić information content (AvgIpc) is 3.29. The van der Waals surface area contributed by atoms with Crippen molar-refractivity contribution in [2.75, 3.05) is 35.2 Å². The molecule has 0 radical (unpaired) electrons. The smallest absolute Gasteiger partial charge is 0.282 e. The number of para-hydroxylation sites is 1. The first-order valence-electron chi connectivity index (χ1n) is 11.1. The van der Waals surface area contributed by atoms with E-state index in [2.05, 4.69) is 46.0 Å². The number of rotatable bonds is 2. The summed E-state index contributed by atoms with van der Waals surface area (Å²) >= 11 is 0. The van der Waals surface area contributed by atoms with E-state index >= 15 is 0 Å². The number of fused-ring (bicyclic) bond motifs is 3. The first kappa shape index (κ1) is 20.6. The lowest BCUT2D eigenvalue weighted by molar-refractivity contribution is 0.223. The molecule has 0 bridgehead atoms. The number of nitrogens with two attached hydrogens (primary N) is 1. The van der Waals surface area contributed by atoms with E-state index in [-0.39, 0.29) is 23.9 Å². The fourth-order valence-electron chi connectivity index (χ4n) is 5.11. The maximum atomic E-state index is 10.8. The fraction of sp³-hybridized carbons (Fsp3) is 0.333. The van der Waals surface area contributed by atoms with Crippen LogP contribution in [-0.2, 0) is 11.3 Å². The van der Waals surface area contributed by atoms with Crippen LogP contribution in [0.4, 0.5) is 11.5 Å². The van der Waals surface area contributed by atoms with E-state index in [1.54, 1.807) is 0 Å². The summed E-state index contributed by atoms with van der Waals surface area (Å²) < 4.78 is 27.3. The van der Waals surface area contributed by atoms with E-state index in [1.165, 1.54) is 0 Å². The molecule has 4 N–H and O–H groups in total. The molecule has 0 aliphatic carbocycles. The maximum Gasteiger partial charge on any atom is 0.282 e. The quantitative estimate of drug-likeness (QED) is 0.531. The van der Waals surface area contributed by atoms with Gasteiger partial charge in [0, 0.05) is 31.1 Å². The van der Waals surface area contributed by atoms with Crippen molar-refractivity contribution in [1.29, 1.82) is 0 Å². The second-order valence-corrected chi connectivity index (χ2v) is 11.1. The van der Waals surface area contributed by atoms with Crippen molar-refractivity contribution in [3.8, 4) is 0 Å². The number of hydrogen-bond donors (Lipinski definition) is 3. The Hall–Kier alpha value is -3.01. The van der Waals surface area contributed by atoms with Gasteiger partial charge in [0.15, 0.2) is 0 Å². The Bertz CT molecular complexity index is 1280. The number of benzene rings is 2. The molecule has 0 saturated carbocycles. The minimum atomic E-state index is -2.83. The van der Waals surface area contributed by atoms with E-state index in [9.17, 15) is 9.11 Å². The van der Waals surface area contributed by atoms with Crippen LogP contribution in [0.5, 0.6) is 0 Å². The third-order valence-electron chi connectivity index (χ3n) is 6.80. The molecule has 2 unspecified atom stereocenters. The van der Waals surface area contributed by atoms with Crippen molar-refractivity contribution >= 4 is 39.0 Å². The van der Waals surface area contributed by atoms with Crippen LogP contribution in [0.2, 0.25) is 0 Å². The Balaban J connectivity index is 1.43. The van der Waals surface area contributed by atoms with Crippen molar-refractivity contribution < 1.29 is 13.8 Å². The summed E-state index contributed by atoms with van der Waals surface area (Å²) in [5.41, 5.74) is 9.85. The summed E-state index contributed by atoms with van der Waals surface area (Å²) in [6.07, 6.45) is -0.0282. The molecule has 9 heteroatoms. The Morgan fingerprint density at radius 1 is 1.09 bits per heavy atom. The molecule has 3 aliphatic heterocycles. The van der Waals surface area contributed by atoms with Gasteiger partial charge < -0.3 is 20.3 Å². The minimum Gasteiger partial charge on any atom is -0.458 e. The fourth-order valence-corrected chi connectivity index (χ4v) is 6.65. The average molecular weight is 466 g/mol. The number of aryl methyl sites for hydroxylation is 1. The highest BCUT2D eigenvalue weighted by Crippen LogP contribution is 2.51. The predicted molar refractivity (Wildman–Crippen MR) is 132 cm³/mol. The van der Waals surface area contributed by atoms with Gasteiger partial charge in [0.1, 0.15) is 18.0 Å². The molecule has 3 aliphatic rings. The van der Waals surface area contributed by atoms with Crippen LogP contribution < -0.4 is 15.5 Å². The van der Waals surface area contributed by atoms with Crippen LogP contribution in [0.15, 0.2) is 58.4 Å². The largest absolute Gasteiger partial charge is 0.458 e. The lowest BCUT2D eigenvalue weighted by Crippen LogP contribution is -2.28. The molecule has 0 amide bonds. The number of aromatic nitrogens is 1. The van der Waals surface area contributed by atoms with E-state index < -0.39 is 10.6 Å². The predicted octanol–water partition coefficient (Wildman–Crippen LogP) is 3.58. The third-order valence-corrected chi connectivity index (χ3v) is 8.66. The third kappa shape index (κ3) is 3.47. The molecule has 8 nitrogen and oxygen atoms in total. The Morgan fingerprint density at radius 3 is 2.79 bits per heavy atom.